The molecule has 6 N–H and O–H groups in total. The fourth-order valence-electron chi connectivity index (χ4n) is 4.66. The van der Waals surface area contributed by atoms with Gasteiger partial charge in [-0.2, -0.15) is 0 Å². The van der Waals surface area contributed by atoms with Gasteiger partial charge in [0.15, 0.2) is 0 Å². The summed E-state index contributed by atoms with van der Waals surface area (Å²) in [5, 5.41) is 9.08. The second-order valence-corrected chi connectivity index (χ2v) is 9.13. The third-order valence-electron chi connectivity index (χ3n) is 6.65. The zero-order valence-electron chi connectivity index (χ0n) is 20.5. The van der Waals surface area contributed by atoms with Crippen LogP contribution in [0.25, 0.3) is 0 Å². The van der Waals surface area contributed by atoms with E-state index in [4.69, 9.17) is 10.5 Å². The molecule has 9 heteroatoms. The van der Waals surface area contributed by atoms with Crippen LogP contribution >= 0.6 is 0 Å². The number of pyridine rings is 1. The summed E-state index contributed by atoms with van der Waals surface area (Å²) in [5.74, 6) is 0.129. The van der Waals surface area contributed by atoms with Crippen molar-refractivity contribution < 1.29 is 14.8 Å². The van der Waals surface area contributed by atoms with Crippen LogP contribution in [0.5, 0.6) is 0 Å². The summed E-state index contributed by atoms with van der Waals surface area (Å²) >= 11 is 0. The second-order valence-electron chi connectivity index (χ2n) is 9.13. The summed E-state index contributed by atoms with van der Waals surface area (Å²) in [6.45, 7) is 8.23. The number of morpholine rings is 1. The fraction of sp³-hybridized carbons (Fsp3) is 0.333. The molecule has 0 saturated carbocycles. The Labute approximate surface area is 211 Å². The van der Waals surface area contributed by atoms with Crippen LogP contribution in [0.3, 0.4) is 0 Å². The zero-order chi connectivity index (χ0) is 24.7. The second kappa shape index (κ2) is 11.3. The number of carbonyl (C=O) groups is 1. The molecule has 0 radical (unpaired) electrons. The summed E-state index contributed by atoms with van der Waals surface area (Å²) in [5.41, 5.74) is 11.1. The molecular formula is C27H34N7O2+. The third kappa shape index (κ3) is 5.87. The molecule has 5 rings (SSSR count). The lowest BCUT2D eigenvalue weighted by molar-refractivity contribution is -0.655. The monoisotopic (exact) mass is 488 g/mol. The molecule has 36 heavy (non-hydrogen) atoms. The number of amides is 1. The van der Waals surface area contributed by atoms with Crippen molar-refractivity contribution in [2.24, 2.45) is 5.73 Å². The highest BCUT2D eigenvalue weighted by Crippen LogP contribution is 2.25. The first-order valence-electron chi connectivity index (χ1n) is 12.5. The number of hydrogen-bond acceptors (Lipinski definition) is 7. The van der Waals surface area contributed by atoms with Crippen LogP contribution < -0.4 is 31.5 Å². The summed E-state index contributed by atoms with van der Waals surface area (Å²) in [6.07, 6.45) is 1.52. The summed E-state index contributed by atoms with van der Waals surface area (Å²) in [4.78, 5) is 21.2. The van der Waals surface area contributed by atoms with Gasteiger partial charge < -0.3 is 36.2 Å². The Morgan fingerprint density at radius 2 is 1.72 bits per heavy atom. The highest BCUT2D eigenvalue weighted by Gasteiger charge is 2.15. The Kier molecular flexibility index (Phi) is 7.49. The number of benzene rings is 2. The first-order chi connectivity index (χ1) is 17.7. The number of nitrogens with two attached hydrogens (primary N) is 2. The predicted molar refractivity (Wildman–Crippen MR) is 143 cm³/mol. The highest BCUT2D eigenvalue weighted by molar-refractivity contribution is 5.98. The molecular weight excluding hydrogens is 454 g/mol. The SMILES string of the molecule is NC(=O)c1cnc(Nc2ccc(N3CCOCC3)cc2)cc1NCc1cccc(N2CC[NH2+]CC2)c1. The standard InChI is InChI=1S/C27H33N7O2/c28-27(35)24-19-31-26(32-21-4-6-22(7-5-21)34-12-14-36-15-13-34)17-25(24)30-18-20-2-1-3-23(16-20)33-10-8-29-9-11-33/h1-7,16-17,19,29H,8-15,18H2,(H2,28,35)(H2,30,31,32)/p+1. The van der Waals surface area contributed by atoms with E-state index in [0.29, 0.717) is 23.6 Å². The Balaban J connectivity index is 1.27. The number of aromatic nitrogens is 1. The maximum absolute atomic E-state index is 12.0. The molecule has 188 valence electrons. The van der Waals surface area contributed by atoms with Crippen LogP contribution in [0.15, 0.2) is 60.8 Å². The minimum absolute atomic E-state index is 0.367. The quantitative estimate of drug-likeness (QED) is 0.382. The lowest BCUT2D eigenvalue weighted by atomic mass is 10.1. The third-order valence-corrected chi connectivity index (χ3v) is 6.65. The molecule has 0 atom stereocenters. The van der Waals surface area contributed by atoms with Crippen molar-refractivity contribution in [3.63, 3.8) is 0 Å². The van der Waals surface area contributed by atoms with E-state index in [-0.39, 0.29) is 0 Å². The molecule has 2 aromatic carbocycles. The number of rotatable bonds is 8. The van der Waals surface area contributed by atoms with E-state index in [0.717, 1.165) is 63.7 Å². The summed E-state index contributed by atoms with van der Waals surface area (Å²) < 4.78 is 5.44. The first-order valence-corrected chi connectivity index (χ1v) is 12.5. The molecule has 9 nitrogen and oxygen atoms in total. The van der Waals surface area contributed by atoms with Crippen LogP contribution in [-0.4, -0.2) is 63.4 Å². The van der Waals surface area contributed by atoms with Gasteiger partial charge in [-0.15, -0.1) is 0 Å². The average molecular weight is 489 g/mol. The fourth-order valence-corrected chi connectivity index (χ4v) is 4.66. The molecule has 0 aliphatic carbocycles. The highest BCUT2D eigenvalue weighted by atomic mass is 16.5. The smallest absolute Gasteiger partial charge is 0.252 e. The van der Waals surface area contributed by atoms with E-state index >= 15 is 0 Å². The minimum Gasteiger partial charge on any atom is -0.380 e. The van der Waals surface area contributed by atoms with Crippen LogP contribution in [0.1, 0.15) is 15.9 Å². The van der Waals surface area contributed by atoms with Gasteiger partial charge in [0.2, 0.25) is 0 Å². The van der Waals surface area contributed by atoms with Crippen molar-refractivity contribution >= 4 is 34.5 Å². The Hall–Kier alpha value is -3.82. The van der Waals surface area contributed by atoms with Gasteiger partial charge in [-0.05, 0) is 42.0 Å². The number of nitrogens with zero attached hydrogens (tertiary/aromatic N) is 3. The molecule has 3 heterocycles. The van der Waals surface area contributed by atoms with Gasteiger partial charge >= 0.3 is 0 Å². The van der Waals surface area contributed by atoms with Crippen LogP contribution in [0.2, 0.25) is 0 Å². The maximum atomic E-state index is 12.0. The molecule has 2 saturated heterocycles. The minimum atomic E-state index is -0.510. The topological polar surface area (TPSA) is 112 Å². The van der Waals surface area contributed by atoms with Crippen LogP contribution in [-0.2, 0) is 11.3 Å². The molecule has 0 unspecified atom stereocenters. The van der Waals surface area contributed by atoms with Crippen molar-refractivity contribution in [2.45, 2.75) is 6.54 Å². The predicted octanol–water partition coefficient (Wildman–Crippen LogP) is 1.76. The Bertz CT molecular complexity index is 1170. The number of primary amides is 1. The normalized spacial score (nSPS) is 16.0. The van der Waals surface area contributed by atoms with Crippen molar-refractivity contribution in [2.75, 3.05) is 72.9 Å². The molecule has 2 aliphatic rings. The van der Waals surface area contributed by atoms with Crippen LogP contribution in [0.4, 0.5) is 28.6 Å². The van der Waals surface area contributed by atoms with E-state index in [1.807, 2.05) is 18.2 Å². The lowest BCUT2D eigenvalue weighted by Crippen LogP contribution is -2.89. The molecule has 1 aromatic heterocycles. The number of carbonyl (C=O) groups excluding carboxylic acids is 1. The molecule has 2 aliphatic heterocycles. The lowest BCUT2D eigenvalue weighted by Gasteiger charge is -2.28. The van der Waals surface area contributed by atoms with Gasteiger partial charge in [-0.1, -0.05) is 12.1 Å². The van der Waals surface area contributed by atoms with E-state index in [9.17, 15) is 4.79 Å². The van der Waals surface area contributed by atoms with Crippen LogP contribution in [0, 0.1) is 0 Å². The Morgan fingerprint density at radius 3 is 2.47 bits per heavy atom. The van der Waals surface area contributed by atoms with Crippen molar-refractivity contribution in [1.29, 1.82) is 0 Å². The van der Waals surface area contributed by atoms with Gasteiger partial charge in [-0.25, -0.2) is 4.98 Å². The molecule has 0 spiro atoms. The van der Waals surface area contributed by atoms with Crippen molar-refractivity contribution in [3.05, 3.63) is 71.9 Å². The van der Waals surface area contributed by atoms with Crippen molar-refractivity contribution in [1.82, 2.24) is 4.98 Å². The van der Waals surface area contributed by atoms with E-state index < -0.39 is 5.91 Å². The average Bonchev–Trinajstić information content (AvgIpc) is 2.93. The molecule has 3 aromatic rings. The number of hydrogen-bond donors (Lipinski definition) is 4. The number of ether oxygens (including phenoxy) is 1. The van der Waals surface area contributed by atoms with Gasteiger partial charge in [-0.3, -0.25) is 4.79 Å². The largest absolute Gasteiger partial charge is 0.380 e. The molecule has 0 bridgehead atoms. The van der Waals surface area contributed by atoms with Gasteiger partial charge in [0.05, 0.1) is 50.6 Å². The zero-order valence-corrected chi connectivity index (χ0v) is 20.5. The van der Waals surface area contributed by atoms with Gasteiger partial charge in [0.25, 0.3) is 5.91 Å². The van der Waals surface area contributed by atoms with Crippen molar-refractivity contribution in [3.8, 4) is 0 Å². The number of anilines is 5. The van der Waals surface area contributed by atoms with E-state index in [1.54, 1.807) is 0 Å². The van der Waals surface area contributed by atoms with E-state index in [1.165, 1.54) is 17.6 Å². The molecule has 1 amide bonds. The first kappa shape index (κ1) is 23.9. The number of nitrogens with one attached hydrogen (secondary N) is 2. The maximum Gasteiger partial charge on any atom is 0.252 e. The number of piperazine rings is 1. The van der Waals surface area contributed by atoms with E-state index in [2.05, 4.69) is 67.1 Å². The van der Waals surface area contributed by atoms with Gasteiger partial charge in [0, 0.05) is 49.0 Å². The summed E-state index contributed by atoms with van der Waals surface area (Å²) in [6, 6.07) is 18.6. The number of quaternary nitrogens is 1. The Morgan fingerprint density at radius 1 is 0.972 bits per heavy atom. The summed E-state index contributed by atoms with van der Waals surface area (Å²) in [7, 11) is 0. The molecule has 2 fully saturated rings. The van der Waals surface area contributed by atoms with Gasteiger partial charge in [0.1, 0.15) is 5.82 Å².